The maximum absolute atomic E-state index is 11.4. The quantitative estimate of drug-likeness (QED) is 0.161. The van der Waals surface area contributed by atoms with Gasteiger partial charge < -0.3 is 8.83 Å². The molecule has 10 heteroatoms. The number of nitro groups is 2. The summed E-state index contributed by atoms with van der Waals surface area (Å²) in [6.07, 6.45) is 10.6. The Hall–Kier alpha value is -5.38. The van der Waals surface area contributed by atoms with Crippen molar-refractivity contribution in [3.63, 3.8) is 0 Å². The summed E-state index contributed by atoms with van der Waals surface area (Å²) in [5.41, 5.74) is 7.94. The maximum atomic E-state index is 11.4. The lowest BCUT2D eigenvalue weighted by molar-refractivity contribution is -0.385. The summed E-state index contributed by atoms with van der Waals surface area (Å²) in [4.78, 5) is 31.9. The number of fused-ring (bicyclic) bond motifs is 8. The van der Waals surface area contributed by atoms with Crippen LogP contribution in [-0.4, -0.2) is 19.8 Å². The van der Waals surface area contributed by atoms with Crippen molar-refractivity contribution in [3.8, 4) is 22.9 Å². The van der Waals surface area contributed by atoms with E-state index in [9.17, 15) is 20.2 Å². The number of allylic oxidation sites excluding steroid dienone is 6. The molecule has 0 amide bonds. The van der Waals surface area contributed by atoms with Gasteiger partial charge in [-0.25, -0.2) is 9.97 Å². The molecule has 0 unspecified atom stereocenters. The van der Waals surface area contributed by atoms with E-state index in [2.05, 4.69) is 52.0 Å². The number of hydrogen-bond acceptors (Lipinski definition) is 8. The molecule has 0 aliphatic heterocycles. The number of aryl methyl sites for hydroxylation is 2. The highest BCUT2D eigenvalue weighted by Crippen LogP contribution is 2.67. The van der Waals surface area contributed by atoms with Crippen molar-refractivity contribution < 1.29 is 18.7 Å². The van der Waals surface area contributed by atoms with Crippen LogP contribution < -0.4 is 0 Å². The van der Waals surface area contributed by atoms with Gasteiger partial charge in [0.25, 0.3) is 11.4 Å². The number of nitro benzene ring substituents is 2. The van der Waals surface area contributed by atoms with Crippen molar-refractivity contribution in [2.75, 3.05) is 0 Å². The van der Waals surface area contributed by atoms with Crippen molar-refractivity contribution in [2.45, 2.75) is 54.4 Å². The summed E-state index contributed by atoms with van der Waals surface area (Å²) >= 11 is 0. The van der Waals surface area contributed by atoms with Gasteiger partial charge in [0.05, 0.1) is 9.85 Å². The molecule has 236 valence electrons. The second kappa shape index (κ2) is 9.34. The topological polar surface area (TPSA) is 138 Å². The van der Waals surface area contributed by atoms with Gasteiger partial charge in [-0.1, -0.05) is 39.8 Å². The molecule has 2 aromatic carbocycles. The number of hydrogen-bond donors (Lipinski definition) is 0. The van der Waals surface area contributed by atoms with Gasteiger partial charge in [0.2, 0.25) is 11.8 Å². The molecule has 4 aromatic rings. The fourth-order valence-corrected chi connectivity index (χ4v) is 8.26. The highest BCUT2D eigenvalue weighted by Gasteiger charge is 2.55. The number of rotatable bonds is 4. The second-order valence-electron chi connectivity index (χ2n) is 14.6. The minimum absolute atomic E-state index is 0.0612. The molecule has 0 saturated carbocycles. The van der Waals surface area contributed by atoms with Gasteiger partial charge in [-0.05, 0) is 85.1 Å². The van der Waals surface area contributed by atoms with Crippen LogP contribution in [0.2, 0.25) is 0 Å². The normalized spacial score (nSPS) is 19.2. The van der Waals surface area contributed by atoms with E-state index in [0.717, 1.165) is 35.4 Å². The molecule has 2 aromatic heterocycles. The molecule has 0 saturated heterocycles. The van der Waals surface area contributed by atoms with Crippen molar-refractivity contribution in [3.05, 3.63) is 114 Å². The lowest BCUT2D eigenvalue weighted by Crippen LogP contribution is -2.40. The molecule has 4 aliphatic carbocycles. The van der Waals surface area contributed by atoms with Crippen LogP contribution in [0.3, 0.4) is 0 Å². The predicted octanol–water partition coefficient (Wildman–Crippen LogP) is 9.54. The summed E-state index contributed by atoms with van der Waals surface area (Å²) in [6, 6.07) is 9.84. The van der Waals surface area contributed by atoms with Crippen LogP contribution in [0, 0.1) is 50.3 Å². The summed E-state index contributed by atoms with van der Waals surface area (Å²) < 4.78 is 12.7. The highest BCUT2D eigenvalue weighted by atomic mass is 16.6. The SMILES string of the molecule is Cc1cc(-c2nc3c(o2)C=C2C3=CC(C)(C)CC23CC(C)(C)C=C2C3=Cc3oc(-c4ccc([N+](=O)[O-])c(C)c4)nc32)ccc1[N+](=O)[O-]. The van der Waals surface area contributed by atoms with Crippen LogP contribution >= 0.6 is 0 Å². The van der Waals surface area contributed by atoms with E-state index >= 15 is 0 Å². The Bertz CT molecular complexity index is 2080. The van der Waals surface area contributed by atoms with E-state index < -0.39 is 0 Å². The molecular formula is C37H32N4O6. The predicted molar refractivity (Wildman–Crippen MR) is 178 cm³/mol. The zero-order valence-electron chi connectivity index (χ0n) is 26.9. The molecule has 0 N–H and O–H groups in total. The van der Waals surface area contributed by atoms with Gasteiger partial charge in [-0.3, -0.25) is 20.2 Å². The van der Waals surface area contributed by atoms with Crippen LogP contribution in [0.1, 0.15) is 74.6 Å². The van der Waals surface area contributed by atoms with E-state index in [0.29, 0.717) is 45.6 Å². The Balaban J connectivity index is 1.23. The van der Waals surface area contributed by atoms with E-state index in [4.69, 9.17) is 18.8 Å². The Morgan fingerprint density at radius 1 is 0.681 bits per heavy atom. The molecule has 4 aliphatic rings. The number of oxazole rings is 2. The highest BCUT2D eigenvalue weighted by molar-refractivity contribution is 6.01. The average Bonchev–Trinajstić information content (AvgIpc) is 3.72. The second-order valence-corrected chi connectivity index (χ2v) is 14.6. The fraction of sp³-hybridized carbons (Fsp3) is 0.297. The molecule has 0 atom stereocenters. The first-order chi connectivity index (χ1) is 22.1. The standard InChI is InChI=1S/C37H32N4O6/c1-19-11-21(7-9-27(19)40(42)43)33-38-31-23-15-35(3,4)17-37(25(23)13-29(31)46-33)18-36(5,6)16-24-26(37)14-30-32(24)39-34(47-30)22-8-10-28(41(44)45)20(2)12-22/h7-16H,17-18H2,1-6H3. The van der Waals surface area contributed by atoms with Crippen LogP contribution in [0.15, 0.2) is 68.5 Å². The first kappa shape index (κ1) is 29.1. The largest absolute Gasteiger partial charge is 0.436 e. The monoisotopic (exact) mass is 628 g/mol. The van der Waals surface area contributed by atoms with E-state index in [1.807, 2.05) is 0 Å². The zero-order chi connectivity index (χ0) is 33.2. The maximum Gasteiger partial charge on any atom is 0.272 e. The number of aromatic nitrogens is 2. The third-order valence-electron chi connectivity index (χ3n) is 9.85. The minimum Gasteiger partial charge on any atom is -0.436 e. The van der Waals surface area contributed by atoms with E-state index in [-0.39, 0.29) is 37.5 Å². The third-order valence-corrected chi connectivity index (χ3v) is 9.85. The van der Waals surface area contributed by atoms with Gasteiger partial charge in [0.15, 0.2) is 11.5 Å². The summed E-state index contributed by atoms with van der Waals surface area (Å²) in [7, 11) is 0. The molecular weight excluding hydrogens is 596 g/mol. The van der Waals surface area contributed by atoms with Gasteiger partial charge in [-0.2, -0.15) is 0 Å². The zero-order valence-corrected chi connectivity index (χ0v) is 26.9. The van der Waals surface area contributed by atoms with E-state index in [1.54, 1.807) is 38.1 Å². The molecule has 8 rings (SSSR count). The Kier molecular flexibility index (Phi) is 5.77. The summed E-state index contributed by atoms with van der Waals surface area (Å²) in [5.74, 6) is 2.24. The van der Waals surface area contributed by atoms with Crippen LogP contribution in [0.5, 0.6) is 0 Å². The van der Waals surface area contributed by atoms with Crippen molar-refractivity contribution >= 4 is 34.7 Å². The molecule has 1 spiro atoms. The minimum atomic E-state index is -0.386. The van der Waals surface area contributed by atoms with Gasteiger partial charge in [0.1, 0.15) is 11.4 Å². The van der Waals surface area contributed by atoms with Crippen LogP contribution in [-0.2, 0) is 0 Å². The van der Waals surface area contributed by atoms with Gasteiger partial charge in [0, 0.05) is 50.9 Å². The molecule has 0 bridgehead atoms. The van der Waals surface area contributed by atoms with Crippen LogP contribution in [0.4, 0.5) is 11.4 Å². The molecule has 0 fully saturated rings. The van der Waals surface area contributed by atoms with Crippen molar-refractivity contribution in [2.24, 2.45) is 16.2 Å². The number of nitrogens with zero attached hydrogens (tertiary/aromatic N) is 4. The van der Waals surface area contributed by atoms with E-state index in [1.165, 1.54) is 23.3 Å². The first-order valence-electron chi connectivity index (χ1n) is 15.6. The molecule has 0 radical (unpaired) electrons. The summed E-state index contributed by atoms with van der Waals surface area (Å²) in [5, 5.41) is 22.7. The Morgan fingerprint density at radius 3 is 1.45 bits per heavy atom. The average molecular weight is 629 g/mol. The first-order valence-corrected chi connectivity index (χ1v) is 15.6. The smallest absolute Gasteiger partial charge is 0.272 e. The molecule has 2 heterocycles. The van der Waals surface area contributed by atoms with Gasteiger partial charge >= 0.3 is 0 Å². The van der Waals surface area contributed by atoms with Crippen LogP contribution in [0.25, 0.3) is 46.2 Å². The third kappa shape index (κ3) is 4.31. The fourth-order valence-electron chi connectivity index (χ4n) is 8.26. The number of benzene rings is 2. The Labute approximate surface area is 270 Å². The van der Waals surface area contributed by atoms with Gasteiger partial charge in [-0.15, -0.1) is 0 Å². The van der Waals surface area contributed by atoms with Crippen molar-refractivity contribution in [1.29, 1.82) is 0 Å². The van der Waals surface area contributed by atoms with Crippen molar-refractivity contribution in [1.82, 2.24) is 9.97 Å². The lowest BCUT2D eigenvalue weighted by atomic mass is 9.51. The summed E-state index contributed by atoms with van der Waals surface area (Å²) in [6.45, 7) is 12.4. The molecule has 10 nitrogen and oxygen atoms in total. The Morgan fingerprint density at radius 2 is 1.09 bits per heavy atom. The lowest BCUT2D eigenvalue weighted by Gasteiger charge is -2.51. The molecule has 47 heavy (non-hydrogen) atoms.